The highest BCUT2D eigenvalue weighted by Crippen LogP contribution is 1.91. The van der Waals surface area contributed by atoms with Crippen molar-refractivity contribution < 1.29 is 23.9 Å². The van der Waals surface area contributed by atoms with E-state index in [-0.39, 0.29) is 0 Å². The van der Waals surface area contributed by atoms with Crippen molar-refractivity contribution in [3.8, 4) is 0 Å². The molecule has 0 bridgehead atoms. The first-order valence-corrected chi connectivity index (χ1v) is 2.90. The summed E-state index contributed by atoms with van der Waals surface area (Å²) in [5, 5.41) is 0. The molecule has 5 heteroatoms. The van der Waals surface area contributed by atoms with Crippen LogP contribution in [-0.4, -0.2) is 24.5 Å². The van der Waals surface area contributed by atoms with Crippen molar-refractivity contribution in [2.45, 2.75) is 20.0 Å². The van der Waals surface area contributed by atoms with Crippen LogP contribution in [-0.2, 0) is 19.1 Å². The van der Waals surface area contributed by atoms with Crippen molar-refractivity contribution in [2.75, 3.05) is 0 Å². The third-order valence-electron chi connectivity index (χ3n) is 0.701. The molecule has 1 unspecified atom stereocenters. The molecule has 0 aromatic carbocycles. The van der Waals surface area contributed by atoms with E-state index in [0.717, 1.165) is 6.92 Å². The molecule has 0 aliphatic carbocycles. The maximum Gasteiger partial charge on any atom is 0.516 e. The van der Waals surface area contributed by atoms with Crippen LogP contribution >= 0.6 is 0 Å². The minimum Gasteiger partial charge on any atom is -0.423 e. The van der Waals surface area contributed by atoms with Gasteiger partial charge in [-0.25, -0.2) is 4.79 Å². The Kier molecular flexibility index (Phi) is 3.87. The van der Waals surface area contributed by atoms with Gasteiger partial charge in [-0.15, -0.1) is 0 Å². The lowest BCUT2D eigenvalue weighted by molar-refractivity contribution is -0.138. The van der Waals surface area contributed by atoms with Gasteiger partial charge >= 0.3 is 12.1 Å². The van der Waals surface area contributed by atoms with Crippen LogP contribution in [0.2, 0.25) is 0 Å². The Morgan fingerprint density at radius 2 is 2.00 bits per heavy atom. The van der Waals surface area contributed by atoms with Gasteiger partial charge in [-0.2, -0.15) is 0 Å². The standard InChI is InChI=1S/C6H8O5/c1-4(3-7)10-6(9)11-5(2)8/h3-4H,1-2H3. The van der Waals surface area contributed by atoms with Gasteiger partial charge < -0.3 is 9.47 Å². The van der Waals surface area contributed by atoms with Crippen LogP contribution in [0.5, 0.6) is 0 Å². The molecule has 1 atom stereocenters. The van der Waals surface area contributed by atoms with Crippen LogP contribution < -0.4 is 0 Å². The molecular weight excluding hydrogens is 152 g/mol. The molecule has 0 radical (unpaired) electrons. The number of hydrogen-bond donors (Lipinski definition) is 0. The topological polar surface area (TPSA) is 69.7 Å². The molecule has 5 nitrogen and oxygen atoms in total. The van der Waals surface area contributed by atoms with Crippen LogP contribution in [0.1, 0.15) is 13.8 Å². The molecule has 0 saturated carbocycles. The number of carbonyl (C=O) groups is 3. The zero-order chi connectivity index (χ0) is 8.85. The van der Waals surface area contributed by atoms with Gasteiger partial charge in [-0.3, -0.25) is 9.59 Å². The number of rotatable bonds is 2. The first-order chi connectivity index (χ1) is 5.06. The van der Waals surface area contributed by atoms with Crippen molar-refractivity contribution >= 4 is 18.4 Å². The molecule has 0 heterocycles. The maximum atomic E-state index is 10.4. The van der Waals surface area contributed by atoms with Crippen LogP contribution in [0.3, 0.4) is 0 Å². The van der Waals surface area contributed by atoms with Gasteiger partial charge in [0.2, 0.25) is 0 Å². The molecule has 0 amide bonds. The number of carbonyl (C=O) groups excluding carboxylic acids is 3. The smallest absolute Gasteiger partial charge is 0.423 e. The fraction of sp³-hybridized carbons (Fsp3) is 0.500. The molecule has 0 N–H and O–H groups in total. The Balaban J connectivity index is 3.69. The number of esters is 1. The van der Waals surface area contributed by atoms with E-state index in [1.165, 1.54) is 6.92 Å². The Bertz CT molecular complexity index is 174. The van der Waals surface area contributed by atoms with Gasteiger partial charge in [0.15, 0.2) is 12.4 Å². The lowest BCUT2D eigenvalue weighted by Crippen LogP contribution is -2.18. The largest absolute Gasteiger partial charge is 0.516 e. The van der Waals surface area contributed by atoms with Crippen LogP contribution in [0.15, 0.2) is 0 Å². The summed E-state index contributed by atoms with van der Waals surface area (Å²) in [6, 6.07) is 0. The molecule has 0 aliphatic heterocycles. The molecule has 0 spiro atoms. The summed E-state index contributed by atoms with van der Waals surface area (Å²) >= 11 is 0. The zero-order valence-electron chi connectivity index (χ0n) is 6.20. The van der Waals surface area contributed by atoms with Gasteiger partial charge in [0.1, 0.15) is 0 Å². The lowest BCUT2D eigenvalue weighted by Gasteiger charge is -2.03. The summed E-state index contributed by atoms with van der Waals surface area (Å²) in [6.07, 6.45) is -1.62. The summed E-state index contributed by atoms with van der Waals surface area (Å²) in [5.41, 5.74) is 0. The third kappa shape index (κ3) is 5.07. The van der Waals surface area contributed by atoms with Crippen molar-refractivity contribution in [1.82, 2.24) is 0 Å². The molecular formula is C6H8O5. The maximum absolute atomic E-state index is 10.4. The summed E-state index contributed by atoms with van der Waals surface area (Å²) in [7, 11) is 0. The Hall–Kier alpha value is -1.39. The fourth-order valence-electron chi connectivity index (χ4n) is 0.321. The average Bonchev–Trinajstić information content (AvgIpc) is 1.85. The van der Waals surface area contributed by atoms with E-state index in [9.17, 15) is 14.4 Å². The second-order valence-corrected chi connectivity index (χ2v) is 1.80. The zero-order valence-corrected chi connectivity index (χ0v) is 6.20. The van der Waals surface area contributed by atoms with E-state index in [1.54, 1.807) is 0 Å². The fourth-order valence-corrected chi connectivity index (χ4v) is 0.321. The van der Waals surface area contributed by atoms with E-state index in [0.29, 0.717) is 6.29 Å². The monoisotopic (exact) mass is 160 g/mol. The Morgan fingerprint density at radius 3 is 2.36 bits per heavy atom. The summed E-state index contributed by atoms with van der Waals surface area (Å²) in [4.78, 5) is 30.4. The van der Waals surface area contributed by atoms with Gasteiger partial charge in [0, 0.05) is 6.92 Å². The molecule has 0 saturated heterocycles. The van der Waals surface area contributed by atoms with Crippen molar-refractivity contribution in [2.24, 2.45) is 0 Å². The molecule has 0 fully saturated rings. The third-order valence-corrected chi connectivity index (χ3v) is 0.701. The summed E-state index contributed by atoms with van der Waals surface area (Å²) in [6.45, 7) is 2.42. The highest BCUT2D eigenvalue weighted by Gasteiger charge is 2.10. The number of ether oxygens (including phenoxy) is 2. The van der Waals surface area contributed by atoms with E-state index >= 15 is 0 Å². The highest BCUT2D eigenvalue weighted by atomic mass is 16.7. The van der Waals surface area contributed by atoms with Gasteiger partial charge in [-0.1, -0.05) is 0 Å². The Labute approximate surface area is 63.3 Å². The quantitative estimate of drug-likeness (QED) is 0.329. The van der Waals surface area contributed by atoms with Gasteiger partial charge in [0.05, 0.1) is 0 Å². The van der Waals surface area contributed by atoms with Crippen molar-refractivity contribution in [3.63, 3.8) is 0 Å². The predicted octanol–water partition coefficient (Wildman–Crippen LogP) is 0.274. The van der Waals surface area contributed by atoms with E-state index in [2.05, 4.69) is 9.47 Å². The Morgan fingerprint density at radius 1 is 1.45 bits per heavy atom. The highest BCUT2D eigenvalue weighted by molar-refractivity contribution is 5.80. The minimum atomic E-state index is -1.16. The minimum absolute atomic E-state index is 0.418. The van der Waals surface area contributed by atoms with E-state index in [1.807, 2.05) is 0 Å². The average molecular weight is 160 g/mol. The SMILES string of the molecule is CC(=O)OC(=O)OC(C)C=O. The van der Waals surface area contributed by atoms with Crippen LogP contribution in [0, 0.1) is 0 Å². The van der Waals surface area contributed by atoms with Gasteiger partial charge in [0.25, 0.3) is 0 Å². The second kappa shape index (κ2) is 4.43. The summed E-state index contributed by atoms with van der Waals surface area (Å²) in [5.74, 6) is -0.770. The predicted molar refractivity (Wildman–Crippen MR) is 33.8 cm³/mol. The van der Waals surface area contributed by atoms with E-state index < -0.39 is 18.2 Å². The molecule has 11 heavy (non-hydrogen) atoms. The van der Waals surface area contributed by atoms with Gasteiger partial charge in [-0.05, 0) is 6.92 Å². The lowest BCUT2D eigenvalue weighted by atomic mass is 10.5. The van der Waals surface area contributed by atoms with Crippen LogP contribution in [0.4, 0.5) is 4.79 Å². The molecule has 0 aromatic heterocycles. The van der Waals surface area contributed by atoms with Crippen molar-refractivity contribution in [3.05, 3.63) is 0 Å². The second-order valence-electron chi connectivity index (χ2n) is 1.80. The number of hydrogen-bond acceptors (Lipinski definition) is 5. The van der Waals surface area contributed by atoms with Crippen LogP contribution in [0.25, 0.3) is 0 Å². The molecule has 0 rings (SSSR count). The van der Waals surface area contributed by atoms with Crippen molar-refractivity contribution in [1.29, 1.82) is 0 Å². The molecule has 0 aliphatic rings. The molecule has 62 valence electrons. The normalized spacial score (nSPS) is 11.5. The first kappa shape index (κ1) is 9.61. The van der Waals surface area contributed by atoms with E-state index in [4.69, 9.17) is 0 Å². The molecule has 0 aromatic rings. The first-order valence-electron chi connectivity index (χ1n) is 2.90. The summed E-state index contributed by atoms with van der Waals surface area (Å²) < 4.78 is 8.22. The number of aldehydes is 1.